The zero-order valence-corrected chi connectivity index (χ0v) is 22.4. The van der Waals surface area contributed by atoms with E-state index in [1.54, 1.807) is 0 Å². The summed E-state index contributed by atoms with van der Waals surface area (Å²) in [6, 6.07) is 53.3. The van der Waals surface area contributed by atoms with E-state index in [1.807, 2.05) is 0 Å². The lowest BCUT2D eigenvalue weighted by molar-refractivity contribution is 1.53. The molecule has 0 unspecified atom stereocenters. The van der Waals surface area contributed by atoms with Crippen LogP contribution in [-0.4, -0.2) is 4.98 Å². The highest BCUT2D eigenvalue weighted by Gasteiger charge is 2.15. The second-order valence-electron chi connectivity index (χ2n) is 11.0. The molecule has 190 valence electrons. The zero-order valence-electron chi connectivity index (χ0n) is 22.4. The summed E-state index contributed by atoms with van der Waals surface area (Å²) in [5.41, 5.74) is 9.73. The normalized spacial score (nSPS) is 11.9. The van der Waals surface area contributed by atoms with Gasteiger partial charge in [-0.1, -0.05) is 121 Å². The predicted octanol–water partition coefficient (Wildman–Crippen LogP) is 11.2. The fraction of sp³-hybridized carbons (Fsp3) is 0. The summed E-state index contributed by atoms with van der Waals surface area (Å²) in [5, 5.41) is 10.4. The van der Waals surface area contributed by atoms with Crippen LogP contribution in [-0.2, 0) is 0 Å². The maximum absolute atomic E-state index is 3.75. The molecule has 0 fully saturated rings. The smallest absolute Gasteiger partial charge is 0.0544 e. The summed E-state index contributed by atoms with van der Waals surface area (Å²) in [6.07, 6.45) is 0. The van der Waals surface area contributed by atoms with Crippen molar-refractivity contribution in [2.45, 2.75) is 0 Å². The molecule has 1 aromatic heterocycles. The molecule has 0 saturated heterocycles. The monoisotopic (exact) mass is 519 g/mol. The van der Waals surface area contributed by atoms with Crippen molar-refractivity contribution >= 4 is 54.1 Å². The van der Waals surface area contributed by atoms with Crippen molar-refractivity contribution in [3.05, 3.63) is 146 Å². The van der Waals surface area contributed by atoms with Crippen molar-refractivity contribution < 1.29 is 0 Å². The first-order chi connectivity index (χ1) is 20.3. The minimum Gasteiger partial charge on any atom is -0.354 e. The number of nitrogens with one attached hydrogen (secondary N) is 1. The highest BCUT2D eigenvalue weighted by Crippen LogP contribution is 2.42. The van der Waals surface area contributed by atoms with Crippen LogP contribution in [0.4, 0.5) is 0 Å². The van der Waals surface area contributed by atoms with Crippen molar-refractivity contribution in [3.8, 4) is 33.4 Å². The number of H-pyrrole nitrogens is 1. The molecule has 1 nitrogen and oxygen atoms in total. The standard InChI is InChI=1S/C40H25N/c1-2-8-25(9-3-1)31-23-35(40-36(24-31)33-14-4-5-15-37(33)41-40)30-13-7-12-29(22-30)32-20-18-28-17-16-26-10-6-11-27-19-21-34(32)39(28)38(26)27/h1-24,41H. The number of benzene rings is 8. The quantitative estimate of drug-likeness (QED) is 0.223. The predicted molar refractivity (Wildman–Crippen MR) is 176 cm³/mol. The maximum atomic E-state index is 3.75. The molecule has 0 atom stereocenters. The lowest BCUT2D eigenvalue weighted by Crippen LogP contribution is -1.89. The highest BCUT2D eigenvalue weighted by atomic mass is 14.7. The van der Waals surface area contributed by atoms with E-state index in [0.29, 0.717) is 0 Å². The molecular formula is C40H25N. The van der Waals surface area contributed by atoms with E-state index in [4.69, 9.17) is 0 Å². The summed E-state index contributed by atoms with van der Waals surface area (Å²) in [5.74, 6) is 0. The zero-order chi connectivity index (χ0) is 26.9. The van der Waals surface area contributed by atoms with Crippen molar-refractivity contribution in [3.63, 3.8) is 0 Å². The molecule has 41 heavy (non-hydrogen) atoms. The minimum atomic E-state index is 1.16. The lowest BCUT2D eigenvalue weighted by atomic mass is 9.89. The molecule has 9 aromatic rings. The molecule has 0 radical (unpaired) electrons. The van der Waals surface area contributed by atoms with Gasteiger partial charge in [0.2, 0.25) is 0 Å². The van der Waals surface area contributed by atoms with Crippen LogP contribution in [0.3, 0.4) is 0 Å². The van der Waals surface area contributed by atoms with Crippen LogP contribution in [0.1, 0.15) is 0 Å². The van der Waals surface area contributed by atoms with Gasteiger partial charge >= 0.3 is 0 Å². The number of aromatic amines is 1. The first-order valence-corrected chi connectivity index (χ1v) is 14.2. The van der Waals surface area contributed by atoms with Crippen molar-refractivity contribution in [1.29, 1.82) is 0 Å². The summed E-state index contributed by atoms with van der Waals surface area (Å²) in [4.78, 5) is 3.75. The summed E-state index contributed by atoms with van der Waals surface area (Å²) in [6.45, 7) is 0. The molecule has 8 aromatic carbocycles. The van der Waals surface area contributed by atoms with Gasteiger partial charge in [0.25, 0.3) is 0 Å². The fourth-order valence-corrected chi connectivity index (χ4v) is 6.82. The molecule has 0 bridgehead atoms. The Hall–Kier alpha value is -5.40. The molecule has 0 saturated carbocycles. The van der Waals surface area contributed by atoms with Crippen LogP contribution in [0.2, 0.25) is 0 Å². The topological polar surface area (TPSA) is 15.8 Å². The van der Waals surface area contributed by atoms with E-state index in [0.717, 1.165) is 5.52 Å². The lowest BCUT2D eigenvalue weighted by Gasteiger charge is -2.15. The summed E-state index contributed by atoms with van der Waals surface area (Å²) in [7, 11) is 0. The van der Waals surface area contributed by atoms with Gasteiger partial charge in [-0.05, 0) is 84.4 Å². The molecule has 0 aliphatic carbocycles. The molecular weight excluding hydrogens is 494 g/mol. The molecule has 0 spiro atoms. The average Bonchev–Trinajstić information content (AvgIpc) is 3.42. The average molecular weight is 520 g/mol. The van der Waals surface area contributed by atoms with E-state index in [2.05, 4.69) is 151 Å². The molecule has 0 amide bonds. The van der Waals surface area contributed by atoms with Gasteiger partial charge < -0.3 is 4.98 Å². The van der Waals surface area contributed by atoms with Gasteiger partial charge in [-0.25, -0.2) is 0 Å². The van der Waals surface area contributed by atoms with Crippen molar-refractivity contribution in [2.24, 2.45) is 0 Å². The summed E-state index contributed by atoms with van der Waals surface area (Å²) >= 11 is 0. The third-order valence-electron chi connectivity index (χ3n) is 8.74. The Morgan fingerprint density at radius 1 is 0.341 bits per heavy atom. The largest absolute Gasteiger partial charge is 0.354 e. The Kier molecular flexibility index (Phi) is 4.67. The van der Waals surface area contributed by atoms with Crippen LogP contribution in [0.25, 0.3) is 87.5 Å². The van der Waals surface area contributed by atoms with Gasteiger partial charge in [0.05, 0.1) is 5.52 Å². The fourth-order valence-electron chi connectivity index (χ4n) is 6.82. The molecule has 1 N–H and O–H groups in total. The first-order valence-electron chi connectivity index (χ1n) is 14.2. The summed E-state index contributed by atoms with van der Waals surface area (Å²) < 4.78 is 0. The molecule has 0 aliphatic rings. The van der Waals surface area contributed by atoms with Crippen molar-refractivity contribution in [2.75, 3.05) is 0 Å². The Bertz CT molecular complexity index is 2390. The van der Waals surface area contributed by atoms with Gasteiger partial charge in [0.15, 0.2) is 0 Å². The van der Waals surface area contributed by atoms with E-state index in [-0.39, 0.29) is 0 Å². The second-order valence-corrected chi connectivity index (χ2v) is 11.0. The van der Waals surface area contributed by atoms with E-state index in [9.17, 15) is 0 Å². The minimum absolute atomic E-state index is 1.16. The molecule has 9 rings (SSSR count). The number of fused-ring (bicyclic) bond motifs is 3. The van der Waals surface area contributed by atoms with Gasteiger partial charge in [0.1, 0.15) is 0 Å². The maximum Gasteiger partial charge on any atom is 0.0544 e. The Morgan fingerprint density at radius 2 is 1.00 bits per heavy atom. The number of para-hydroxylation sites is 1. The molecule has 1 heterocycles. The number of hydrogen-bond donors (Lipinski definition) is 1. The van der Waals surface area contributed by atoms with Crippen LogP contribution in [0.15, 0.2) is 146 Å². The van der Waals surface area contributed by atoms with E-state index in [1.165, 1.54) is 82.0 Å². The Morgan fingerprint density at radius 3 is 1.85 bits per heavy atom. The van der Waals surface area contributed by atoms with Crippen LogP contribution in [0.5, 0.6) is 0 Å². The van der Waals surface area contributed by atoms with Gasteiger partial charge in [-0.2, -0.15) is 0 Å². The van der Waals surface area contributed by atoms with Gasteiger partial charge in [0, 0.05) is 21.9 Å². The van der Waals surface area contributed by atoms with E-state index < -0.39 is 0 Å². The Labute approximate surface area is 237 Å². The number of aromatic nitrogens is 1. The van der Waals surface area contributed by atoms with E-state index >= 15 is 0 Å². The number of hydrogen-bond acceptors (Lipinski definition) is 0. The van der Waals surface area contributed by atoms with Gasteiger partial charge in [-0.15, -0.1) is 0 Å². The molecule has 1 heteroatoms. The third kappa shape index (κ3) is 3.36. The Balaban J connectivity index is 1.30. The third-order valence-corrected chi connectivity index (χ3v) is 8.74. The van der Waals surface area contributed by atoms with Crippen molar-refractivity contribution in [1.82, 2.24) is 4.98 Å². The second kappa shape index (κ2) is 8.55. The van der Waals surface area contributed by atoms with Crippen LogP contribution in [0, 0.1) is 0 Å². The number of rotatable bonds is 3. The highest BCUT2D eigenvalue weighted by molar-refractivity contribution is 6.25. The van der Waals surface area contributed by atoms with Crippen LogP contribution >= 0.6 is 0 Å². The SMILES string of the molecule is c1ccc(-c2cc(-c3cccc(-c4ccc5ccc6cccc7ccc4c5c67)c3)c3[nH]c4ccccc4c3c2)cc1. The molecule has 0 aliphatic heterocycles. The van der Waals surface area contributed by atoms with Crippen LogP contribution < -0.4 is 0 Å². The first kappa shape index (κ1) is 22.4. The van der Waals surface area contributed by atoms with Gasteiger partial charge in [-0.3, -0.25) is 0 Å².